The first-order valence-corrected chi connectivity index (χ1v) is 10.1. The first kappa shape index (κ1) is 23.8. The number of nitrogens with one attached hydrogen (secondary N) is 2. The zero-order valence-corrected chi connectivity index (χ0v) is 17.7. The molecule has 0 saturated carbocycles. The number of benzene rings is 1. The summed E-state index contributed by atoms with van der Waals surface area (Å²) in [6.45, 7) is 6.07. The Bertz CT molecular complexity index is 627. The molecule has 6 heteroatoms. The van der Waals surface area contributed by atoms with Crippen molar-refractivity contribution in [3.63, 3.8) is 0 Å². The summed E-state index contributed by atoms with van der Waals surface area (Å²) >= 11 is 0. The molecule has 1 aromatic carbocycles. The van der Waals surface area contributed by atoms with Gasteiger partial charge >= 0.3 is 0 Å². The number of aldehydes is 2. The standard InChI is InChI=1S/C19H29N3O2.C3H6O/c1-14-13-16(15-8-10-21-11-9-15)6-7-17(14)22(3)18(5-4-12-23)19(24)20-2;1-2-3-4/h6-7,12-13,15,18,21H,4-5,8-11H2,1-3H3,(H,20,24);3H,2H2,1H3. The highest BCUT2D eigenvalue weighted by atomic mass is 16.2. The Labute approximate surface area is 169 Å². The normalized spacial score (nSPS) is 15.0. The summed E-state index contributed by atoms with van der Waals surface area (Å²) < 4.78 is 0. The first-order chi connectivity index (χ1) is 13.5. The Morgan fingerprint density at radius 3 is 2.43 bits per heavy atom. The van der Waals surface area contributed by atoms with Gasteiger partial charge in [0.25, 0.3) is 0 Å². The molecule has 156 valence electrons. The Balaban J connectivity index is 0.000000892. The zero-order valence-electron chi connectivity index (χ0n) is 17.7. The molecule has 2 N–H and O–H groups in total. The molecule has 0 bridgehead atoms. The van der Waals surface area contributed by atoms with Crippen molar-refractivity contribution >= 4 is 24.2 Å². The maximum atomic E-state index is 12.2. The summed E-state index contributed by atoms with van der Waals surface area (Å²) in [4.78, 5) is 34.1. The van der Waals surface area contributed by atoms with E-state index in [-0.39, 0.29) is 11.9 Å². The molecule has 1 unspecified atom stereocenters. The van der Waals surface area contributed by atoms with E-state index in [1.807, 2.05) is 18.9 Å². The van der Waals surface area contributed by atoms with Crippen LogP contribution < -0.4 is 15.5 Å². The summed E-state index contributed by atoms with van der Waals surface area (Å²) in [5.41, 5.74) is 3.61. The molecule has 0 aliphatic carbocycles. The van der Waals surface area contributed by atoms with Gasteiger partial charge in [0.2, 0.25) is 5.91 Å². The van der Waals surface area contributed by atoms with E-state index in [0.29, 0.717) is 25.2 Å². The van der Waals surface area contributed by atoms with Gasteiger partial charge in [-0.3, -0.25) is 4.79 Å². The van der Waals surface area contributed by atoms with Gasteiger partial charge in [-0.05, 0) is 62.4 Å². The highest BCUT2D eigenvalue weighted by Crippen LogP contribution is 2.30. The molecule has 0 radical (unpaired) electrons. The number of hydrogen-bond acceptors (Lipinski definition) is 5. The number of aryl methyl sites for hydroxylation is 1. The number of anilines is 1. The quantitative estimate of drug-likeness (QED) is 0.668. The number of likely N-dealkylation sites (N-methyl/N-ethyl adjacent to an activating group) is 2. The van der Waals surface area contributed by atoms with Crippen LogP contribution in [0.5, 0.6) is 0 Å². The number of rotatable bonds is 8. The van der Waals surface area contributed by atoms with Crippen molar-refractivity contribution in [2.24, 2.45) is 0 Å². The minimum atomic E-state index is -0.330. The van der Waals surface area contributed by atoms with E-state index in [4.69, 9.17) is 0 Å². The van der Waals surface area contributed by atoms with Gasteiger partial charge in [-0.15, -0.1) is 0 Å². The summed E-state index contributed by atoms with van der Waals surface area (Å²) in [7, 11) is 3.56. The third-order valence-corrected chi connectivity index (χ3v) is 5.15. The topological polar surface area (TPSA) is 78.5 Å². The second-order valence-corrected chi connectivity index (χ2v) is 7.13. The Morgan fingerprint density at radius 1 is 1.29 bits per heavy atom. The van der Waals surface area contributed by atoms with Crippen molar-refractivity contribution in [2.75, 3.05) is 32.1 Å². The van der Waals surface area contributed by atoms with Gasteiger partial charge < -0.3 is 25.1 Å². The van der Waals surface area contributed by atoms with Crippen LogP contribution in [-0.4, -0.2) is 51.7 Å². The lowest BCUT2D eigenvalue weighted by Gasteiger charge is -2.30. The maximum Gasteiger partial charge on any atom is 0.242 e. The molecule has 1 aromatic rings. The smallest absolute Gasteiger partial charge is 0.242 e. The van der Waals surface area contributed by atoms with Crippen molar-refractivity contribution in [1.82, 2.24) is 10.6 Å². The molecule has 1 saturated heterocycles. The second-order valence-electron chi connectivity index (χ2n) is 7.13. The molecule has 2 rings (SSSR count). The van der Waals surface area contributed by atoms with Crippen LogP contribution in [0.4, 0.5) is 5.69 Å². The number of hydrogen-bond donors (Lipinski definition) is 2. The third-order valence-electron chi connectivity index (χ3n) is 5.15. The van der Waals surface area contributed by atoms with Gasteiger partial charge in [0, 0.05) is 32.6 Å². The fourth-order valence-corrected chi connectivity index (χ4v) is 3.54. The van der Waals surface area contributed by atoms with Crippen molar-refractivity contribution in [2.45, 2.75) is 57.9 Å². The summed E-state index contributed by atoms with van der Waals surface area (Å²) in [5.74, 6) is 0.565. The van der Waals surface area contributed by atoms with Gasteiger partial charge in [0.05, 0.1) is 0 Å². The van der Waals surface area contributed by atoms with Gasteiger partial charge in [0.15, 0.2) is 0 Å². The van der Waals surface area contributed by atoms with E-state index >= 15 is 0 Å². The molecular weight excluding hydrogens is 354 g/mol. The number of amides is 1. The Morgan fingerprint density at radius 2 is 1.93 bits per heavy atom. The van der Waals surface area contributed by atoms with Gasteiger partial charge in [0.1, 0.15) is 18.6 Å². The lowest BCUT2D eigenvalue weighted by Crippen LogP contribution is -2.44. The predicted octanol–water partition coefficient (Wildman–Crippen LogP) is 2.59. The third kappa shape index (κ3) is 7.08. The first-order valence-electron chi connectivity index (χ1n) is 10.1. The van der Waals surface area contributed by atoms with Gasteiger partial charge in [-0.25, -0.2) is 0 Å². The number of nitrogens with zero attached hydrogens (tertiary/aromatic N) is 1. The fourth-order valence-electron chi connectivity index (χ4n) is 3.54. The van der Waals surface area contributed by atoms with Gasteiger partial charge in [-0.2, -0.15) is 0 Å². The molecule has 1 aliphatic rings. The lowest BCUT2D eigenvalue weighted by atomic mass is 9.89. The van der Waals surface area contributed by atoms with Crippen LogP contribution in [0.2, 0.25) is 0 Å². The molecule has 1 atom stereocenters. The van der Waals surface area contributed by atoms with Crippen LogP contribution in [0, 0.1) is 6.92 Å². The van der Waals surface area contributed by atoms with E-state index in [2.05, 4.69) is 35.8 Å². The van der Waals surface area contributed by atoms with Crippen molar-refractivity contribution < 1.29 is 14.4 Å². The highest BCUT2D eigenvalue weighted by Gasteiger charge is 2.24. The summed E-state index contributed by atoms with van der Waals surface area (Å²) in [6.07, 6.45) is 5.64. The molecule has 0 spiro atoms. The van der Waals surface area contributed by atoms with Crippen LogP contribution in [0.1, 0.15) is 56.1 Å². The van der Waals surface area contributed by atoms with Crippen LogP contribution in [0.25, 0.3) is 0 Å². The molecule has 6 nitrogen and oxygen atoms in total. The van der Waals surface area contributed by atoms with E-state index < -0.39 is 0 Å². The van der Waals surface area contributed by atoms with Gasteiger partial charge in [-0.1, -0.05) is 19.1 Å². The van der Waals surface area contributed by atoms with E-state index in [1.165, 1.54) is 24.0 Å². The minimum absolute atomic E-state index is 0.0545. The molecule has 1 aliphatic heterocycles. The Hall–Kier alpha value is -2.21. The van der Waals surface area contributed by atoms with E-state index in [1.54, 1.807) is 7.05 Å². The molecule has 1 fully saturated rings. The maximum absolute atomic E-state index is 12.2. The molecule has 1 amide bonds. The van der Waals surface area contributed by atoms with Crippen LogP contribution in [0.15, 0.2) is 18.2 Å². The number of carbonyl (C=O) groups excluding carboxylic acids is 3. The van der Waals surface area contributed by atoms with Crippen molar-refractivity contribution in [3.8, 4) is 0 Å². The predicted molar refractivity (Wildman–Crippen MR) is 114 cm³/mol. The summed E-state index contributed by atoms with van der Waals surface area (Å²) in [5, 5.41) is 6.10. The molecule has 1 heterocycles. The lowest BCUT2D eigenvalue weighted by molar-refractivity contribution is -0.122. The monoisotopic (exact) mass is 389 g/mol. The van der Waals surface area contributed by atoms with Crippen LogP contribution in [-0.2, 0) is 14.4 Å². The van der Waals surface area contributed by atoms with Crippen LogP contribution >= 0.6 is 0 Å². The largest absolute Gasteiger partial charge is 0.362 e. The number of piperidine rings is 1. The van der Waals surface area contributed by atoms with E-state index in [9.17, 15) is 14.4 Å². The molecular formula is C22H35N3O3. The van der Waals surface area contributed by atoms with Crippen LogP contribution in [0.3, 0.4) is 0 Å². The highest BCUT2D eigenvalue weighted by molar-refractivity contribution is 5.85. The van der Waals surface area contributed by atoms with Crippen molar-refractivity contribution in [1.29, 1.82) is 0 Å². The molecule has 28 heavy (non-hydrogen) atoms. The Kier molecular flexibility index (Phi) is 11.1. The SMILES string of the molecule is CCC=O.CNC(=O)C(CCC=O)N(C)c1ccc(C2CCNCC2)cc1C. The fraction of sp³-hybridized carbons (Fsp3) is 0.591. The van der Waals surface area contributed by atoms with E-state index in [0.717, 1.165) is 31.3 Å². The average Bonchev–Trinajstić information content (AvgIpc) is 2.74. The molecule has 0 aromatic heterocycles. The zero-order chi connectivity index (χ0) is 20.9. The average molecular weight is 390 g/mol. The van der Waals surface area contributed by atoms with Crippen molar-refractivity contribution in [3.05, 3.63) is 29.3 Å². The number of carbonyl (C=O) groups is 3. The minimum Gasteiger partial charge on any atom is -0.362 e. The second kappa shape index (κ2) is 13.0. The summed E-state index contributed by atoms with van der Waals surface area (Å²) in [6, 6.07) is 6.23.